The number of carboxylic acids is 1. The maximum atomic E-state index is 12.0. The van der Waals surface area contributed by atoms with Gasteiger partial charge in [0.25, 0.3) is 0 Å². The third-order valence-corrected chi connectivity index (χ3v) is 6.33. The van der Waals surface area contributed by atoms with E-state index in [-0.39, 0.29) is 0 Å². The second-order valence-corrected chi connectivity index (χ2v) is 8.71. The number of hydrogen-bond donors (Lipinski definition) is 2. The minimum absolute atomic E-state index is 0.555. The smallest absolute Gasteiger partial charge is 0.314 e. The zero-order valence-corrected chi connectivity index (χ0v) is 16.3. The lowest BCUT2D eigenvalue weighted by molar-refractivity contribution is -0.143. The van der Waals surface area contributed by atoms with Gasteiger partial charge in [-0.2, -0.15) is 0 Å². The third kappa shape index (κ3) is 3.70. The van der Waals surface area contributed by atoms with Gasteiger partial charge in [-0.25, -0.2) is 0 Å². The fourth-order valence-electron chi connectivity index (χ4n) is 4.95. The summed E-state index contributed by atoms with van der Waals surface area (Å²) in [6.45, 7) is 5.49. The Kier molecular flexibility index (Phi) is 5.79. The molecule has 0 amide bonds. The summed E-state index contributed by atoms with van der Waals surface area (Å²) in [5.41, 5.74) is 8.47. The summed E-state index contributed by atoms with van der Waals surface area (Å²) in [7, 11) is 0. The van der Waals surface area contributed by atoms with Gasteiger partial charge in [-0.15, -0.1) is 0 Å². The first-order valence-corrected chi connectivity index (χ1v) is 10.3. The van der Waals surface area contributed by atoms with Crippen LogP contribution in [-0.4, -0.2) is 23.7 Å². The molecule has 0 spiro atoms. The number of nitrogens with two attached hydrogens (primary N) is 1. The molecular formula is C22H34N2O2. The molecule has 0 aromatic heterocycles. The Bertz CT molecular complexity index is 629. The van der Waals surface area contributed by atoms with E-state index in [0.717, 1.165) is 49.2 Å². The van der Waals surface area contributed by atoms with Crippen LogP contribution in [0.1, 0.15) is 77.2 Å². The van der Waals surface area contributed by atoms with Crippen molar-refractivity contribution in [2.75, 3.05) is 17.2 Å². The number of rotatable bonds is 6. The molecule has 1 aromatic rings. The number of carbonyl (C=O) groups is 1. The molecule has 0 atom stereocenters. The summed E-state index contributed by atoms with van der Waals surface area (Å²) in [5.74, 6) is -0.135. The minimum atomic E-state index is -0.736. The van der Waals surface area contributed by atoms with E-state index < -0.39 is 11.4 Å². The fourth-order valence-corrected chi connectivity index (χ4v) is 4.95. The van der Waals surface area contributed by atoms with Crippen LogP contribution >= 0.6 is 0 Å². The first kappa shape index (κ1) is 19.1. The SMILES string of the molecule is CC(C)CN(c1ccc(C2(C(=O)O)CCCC2)cc1N)C1CCCCC1. The molecule has 4 heteroatoms. The number of carboxylic acid groups (broad SMARTS) is 1. The summed E-state index contributed by atoms with van der Waals surface area (Å²) < 4.78 is 0. The molecule has 0 bridgehead atoms. The van der Waals surface area contributed by atoms with Crippen molar-refractivity contribution in [3.63, 3.8) is 0 Å². The monoisotopic (exact) mass is 358 g/mol. The average Bonchev–Trinajstić information content (AvgIpc) is 3.12. The van der Waals surface area contributed by atoms with Gasteiger partial charge in [0.2, 0.25) is 0 Å². The van der Waals surface area contributed by atoms with Gasteiger partial charge in [-0.05, 0) is 49.3 Å². The van der Waals surface area contributed by atoms with E-state index in [2.05, 4.69) is 24.8 Å². The molecule has 1 aromatic carbocycles. The van der Waals surface area contributed by atoms with Crippen LogP contribution < -0.4 is 10.6 Å². The molecular weight excluding hydrogens is 324 g/mol. The Morgan fingerprint density at radius 1 is 1.19 bits per heavy atom. The standard InChI is InChI=1S/C22H34N2O2/c1-16(2)15-24(18-8-4-3-5-9-18)20-11-10-17(14-19(20)23)22(21(25)26)12-6-7-13-22/h10-11,14,16,18H,3-9,12-13,15,23H2,1-2H3,(H,25,26). The minimum Gasteiger partial charge on any atom is -0.481 e. The summed E-state index contributed by atoms with van der Waals surface area (Å²) >= 11 is 0. The highest BCUT2D eigenvalue weighted by atomic mass is 16.4. The molecule has 26 heavy (non-hydrogen) atoms. The highest BCUT2D eigenvalue weighted by Gasteiger charge is 2.43. The van der Waals surface area contributed by atoms with E-state index in [1.54, 1.807) is 0 Å². The molecule has 0 saturated heterocycles. The van der Waals surface area contributed by atoms with Crippen molar-refractivity contribution in [2.24, 2.45) is 5.92 Å². The van der Waals surface area contributed by atoms with E-state index in [4.69, 9.17) is 5.73 Å². The summed E-state index contributed by atoms with van der Waals surface area (Å²) in [6.07, 6.45) is 9.78. The fraction of sp³-hybridized carbons (Fsp3) is 0.682. The Hall–Kier alpha value is -1.71. The zero-order chi connectivity index (χ0) is 18.7. The quantitative estimate of drug-likeness (QED) is 0.705. The van der Waals surface area contributed by atoms with Crippen molar-refractivity contribution in [3.8, 4) is 0 Å². The van der Waals surface area contributed by atoms with Crippen molar-refractivity contribution in [1.29, 1.82) is 0 Å². The molecule has 0 unspecified atom stereocenters. The van der Waals surface area contributed by atoms with Crippen molar-refractivity contribution < 1.29 is 9.90 Å². The predicted octanol–water partition coefficient (Wildman–Crippen LogP) is 4.96. The molecule has 2 fully saturated rings. The number of benzene rings is 1. The van der Waals surface area contributed by atoms with E-state index in [0.29, 0.717) is 12.0 Å². The van der Waals surface area contributed by atoms with Crippen molar-refractivity contribution in [3.05, 3.63) is 23.8 Å². The lowest BCUT2D eigenvalue weighted by atomic mass is 9.78. The second-order valence-electron chi connectivity index (χ2n) is 8.71. The van der Waals surface area contributed by atoms with Crippen molar-refractivity contribution >= 4 is 17.3 Å². The van der Waals surface area contributed by atoms with Gasteiger partial charge in [-0.3, -0.25) is 4.79 Å². The summed E-state index contributed by atoms with van der Waals surface area (Å²) in [5, 5.41) is 9.86. The molecule has 2 saturated carbocycles. The maximum Gasteiger partial charge on any atom is 0.314 e. The number of aliphatic carboxylic acids is 1. The summed E-state index contributed by atoms with van der Waals surface area (Å²) in [4.78, 5) is 14.5. The predicted molar refractivity (Wildman–Crippen MR) is 108 cm³/mol. The highest BCUT2D eigenvalue weighted by Crippen LogP contribution is 2.43. The van der Waals surface area contributed by atoms with Gasteiger partial charge >= 0.3 is 5.97 Å². The van der Waals surface area contributed by atoms with E-state index in [1.165, 1.54) is 32.1 Å². The topological polar surface area (TPSA) is 66.6 Å². The summed E-state index contributed by atoms with van der Waals surface area (Å²) in [6, 6.07) is 6.62. The number of hydrogen-bond acceptors (Lipinski definition) is 3. The van der Waals surface area contributed by atoms with Gasteiger partial charge < -0.3 is 15.7 Å². The Morgan fingerprint density at radius 2 is 1.85 bits per heavy atom. The van der Waals surface area contributed by atoms with Crippen molar-refractivity contribution in [1.82, 2.24) is 0 Å². The largest absolute Gasteiger partial charge is 0.481 e. The molecule has 144 valence electrons. The van der Waals surface area contributed by atoms with Crippen LogP contribution in [0.25, 0.3) is 0 Å². The lowest BCUT2D eigenvalue weighted by Crippen LogP contribution is -2.40. The Balaban J connectivity index is 1.92. The van der Waals surface area contributed by atoms with Crippen LogP contribution in [0.3, 0.4) is 0 Å². The normalized spacial score (nSPS) is 20.4. The van der Waals surface area contributed by atoms with Gasteiger partial charge in [0.05, 0.1) is 16.8 Å². The molecule has 4 nitrogen and oxygen atoms in total. The third-order valence-electron chi connectivity index (χ3n) is 6.33. The van der Waals surface area contributed by atoms with Crippen LogP contribution in [0.15, 0.2) is 18.2 Å². The van der Waals surface area contributed by atoms with Crippen LogP contribution in [0.5, 0.6) is 0 Å². The molecule has 0 aliphatic heterocycles. The van der Waals surface area contributed by atoms with Crippen LogP contribution in [0.2, 0.25) is 0 Å². The van der Waals surface area contributed by atoms with E-state index in [1.807, 2.05) is 12.1 Å². The van der Waals surface area contributed by atoms with Gasteiger partial charge in [0, 0.05) is 12.6 Å². The zero-order valence-electron chi connectivity index (χ0n) is 16.3. The first-order valence-electron chi connectivity index (χ1n) is 10.3. The van der Waals surface area contributed by atoms with E-state index >= 15 is 0 Å². The second kappa shape index (κ2) is 7.89. The average molecular weight is 359 g/mol. The Labute approximate surface area is 157 Å². The highest BCUT2D eigenvalue weighted by molar-refractivity contribution is 5.83. The van der Waals surface area contributed by atoms with Crippen molar-refractivity contribution in [2.45, 2.75) is 83.1 Å². The van der Waals surface area contributed by atoms with Crippen LogP contribution in [0, 0.1) is 5.92 Å². The van der Waals surface area contributed by atoms with Gasteiger partial charge in [0.15, 0.2) is 0 Å². The van der Waals surface area contributed by atoms with Gasteiger partial charge in [-0.1, -0.05) is 52.0 Å². The number of nitrogen functional groups attached to an aromatic ring is 1. The lowest BCUT2D eigenvalue weighted by Gasteiger charge is -2.38. The van der Waals surface area contributed by atoms with Gasteiger partial charge in [0.1, 0.15) is 0 Å². The number of nitrogens with zero attached hydrogens (tertiary/aromatic N) is 1. The molecule has 2 aliphatic rings. The molecule has 0 heterocycles. The number of anilines is 2. The first-order chi connectivity index (χ1) is 12.4. The maximum absolute atomic E-state index is 12.0. The molecule has 0 radical (unpaired) electrons. The molecule has 3 N–H and O–H groups in total. The molecule has 3 rings (SSSR count). The van der Waals surface area contributed by atoms with E-state index in [9.17, 15) is 9.90 Å². The van der Waals surface area contributed by atoms with Crippen LogP contribution in [-0.2, 0) is 10.2 Å². The van der Waals surface area contributed by atoms with Crippen LogP contribution in [0.4, 0.5) is 11.4 Å². The molecule has 2 aliphatic carbocycles. The Morgan fingerprint density at radius 3 is 2.38 bits per heavy atom.